The fourth-order valence-electron chi connectivity index (χ4n) is 4.68. The number of amides is 1. The predicted octanol–water partition coefficient (Wildman–Crippen LogP) is 2.91. The van der Waals surface area contributed by atoms with Gasteiger partial charge in [0.1, 0.15) is 5.75 Å². The second-order valence-corrected chi connectivity index (χ2v) is 9.21. The molecule has 9 nitrogen and oxygen atoms in total. The largest absolute Gasteiger partial charge is 0.495 e. The molecule has 2 aromatic rings. The third-order valence-corrected chi connectivity index (χ3v) is 6.63. The van der Waals surface area contributed by atoms with Crippen molar-refractivity contribution in [3.05, 3.63) is 54.1 Å². The van der Waals surface area contributed by atoms with Gasteiger partial charge in [-0.3, -0.25) is 14.7 Å². The number of hydrogen-bond donors (Lipinski definition) is 3. The standard InChI is InChI=1S/C28H34N6O3/c1-19(16-29)17-31-26-23-15-21(7-6-20(23)8-9-25(26)37-3)24-10-11-30-27(33-24)28(35)32-22-5-4-12-34(18-22)13-14-36-2/h6-11,15,22,27,31,33H,1,4-5,12-14,17-18H2,2-3H3,(H,32,35)/t22-,27?/m0/s1. The Hall–Kier alpha value is -3.87. The van der Waals surface area contributed by atoms with Crippen LogP contribution >= 0.6 is 0 Å². The number of likely N-dealkylation sites (tertiary alicyclic amines) is 1. The highest BCUT2D eigenvalue weighted by Crippen LogP contribution is 2.35. The summed E-state index contributed by atoms with van der Waals surface area (Å²) in [5.41, 5.74) is 2.93. The van der Waals surface area contributed by atoms with Crippen LogP contribution in [0.4, 0.5) is 5.69 Å². The highest BCUT2D eigenvalue weighted by molar-refractivity contribution is 6.00. The molecule has 2 aliphatic rings. The molecule has 0 bridgehead atoms. The van der Waals surface area contributed by atoms with Gasteiger partial charge in [-0.1, -0.05) is 24.8 Å². The molecule has 2 aromatic carbocycles. The highest BCUT2D eigenvalue weighted by atomic mass is 16.5. The molecule has 0 spiro atoms. The number of fused-ring (bicyclic) bond motifs is 1. The van der Waals surface area contributed by atoms with E-state index in [4.69, 9.17) is 14.7 Å². The lowest BCUT2D eigenvalue weighted by Gasteiger charge is -2.33. The van der Waals surface area contributed by atoms with Gasteiger partial charge in [0.05, 0.1) is 25.5 Å². The van der Waals surface area contributed by atoms with Gasteiger partial charge < -0.3 is 25.4 Å². The SMILES string of the molecule is C=C(C#N)CNc1c(OC)ccc2ccc(C3=CC=NC(C(=O)N[C@H]4CCCN(CCOC)C4)N3)cc12. The molecule has 194 valence electrons. The van der Waals surface area contributed by atoms with Gasteiger partial charge in [-0.2, -0.15) is 5.26 Å². The van der Waals surface area contributed by atoms with Crippen LogP contribution in [-0.2, 0) is 9.53 Å². The van der Waals surface area contributed by atoms with E-state index >= 15 is 0 Å². The number of rotatable bonds is 10. The molecule has 0 aromatic heterocycles. The maximum Gasteiger partial charge on any atom is 0.265 e. The number of ether oxygens (including phenoxy) is 2. The van der Waals surface area contributed by atoms with Gasteiger partial charge in [0.25, 0.3) is 5.91 Å². The van der Waals surface area contributed by atoms with Gasteiger partial charge in [-0.15, -0.1) is 0 Å². The molecule has 1 saturated heterocycles. The number of carbonyl (C=O) groups excluding carboxylic acids is 1. The normalized spacial score (nSPS) is 19.4. The van der Waals surface area contributed by atoms with Crippen molar-refractivity contribution in [2.45, 2.75) is 25.0 Å². The average molecular weight is 503 g/mol. The fourth-order valence-corrected chi connectivity index (χ4v) is 4.68. The van der Waals surface area contributed by atoms with Gasteiger partial charge in [0.15, 0.2) is 6.17 Å². The van der Waals surface area contributed by atoms with Crippen LogP contribution < -0.4 is 20.7 Å². The number of nitrogens with zero attached hydrogens (tertiary/aromatic N) is 3. The molecule has 3 N–H and O–H groups in total. The van der Waals surface area contributed by atoms with E-state index < -0.39 is 6.17 Å². The zero-order valence-electron chi connectivity index (χ0n) is 21.4. The molecule has 2 heterocycles. The Kier molecular flexibility index (Phi) is 8.77. The highest BCUT2D eigenvalue weighted by Gasteiger charge is 2.26. The first kappa shape index (κ1) is 26.2. The first-order chi connectivity index (χ1) is 18.0. The third-order valence-electron chi connectivity index (χ3n) is 6.63. The number of nitriles is 1. The quantitative estimate of drug-likeness (QED) is 0.429. The van der Waals surface area contributed by atoms with Gasteiger partial charge in [-0.05, 0) is 48.5 Å². The van der Waals surface area contributed by atoms with E-state index in [2.05, 4.69) is 38.5 Å². The molecule has 2 atom stereocenters. The minimum atomic E-state index is -0.702. The lowest BCUT2D eigenvalue weighted by Crippen LogP contribution is -2.53. The van der Waals surface area contributed by atoms with Crippen molar-refractivity contribution >= 4 is 34.3 Å². The number of methoxy groups -OCH3 is 2. The van der Waals surface area contributed by atoms with Crippen LogP contribution in [0.1, 0.15) is 18.4 Å². The van der Waals surface area contributed by atoms with Crippen LogP contribution in [0.25, 0.3) is 16.5 Å². The summed E-state index contributed by atoms with van der Waals surface area (Å²) in [7, 11) is 3.32. The van der Waals surface area contributed by atoms with Gasteiger partial charge in [0.2, 0.25) is 0 Å². The van der Waals surface area contributed by atoms with E-state index in [1.54, 1.807) is 20.4 Å². The summed E-state index contributed by atoms with van der Waals surface area (Å²) < 4.78 is 10.8. The van der Waals surface area contributed by atoms with Crippen molar-refractivity contribution in [1.82, 2.24) is 15.5 Å². The number of carbonyl (C=O) groups is 1. The predicted molar refractivity (Wildman–Crippen MR) is 147 cm³/mol. The van der Waals surface area contributed by atoms with Crippen molar-refractivity contribution in [1.29, 1.82) is 5.26 Å². The molecule has 2 aliphatic heterocycles. The van der Waals surface area contributed by atoms with Crippen LogP contribution in [0, 0.1) is 11.3 Å². The van der Waals surface area contributed by atoms with E-state index in [0.717, 1.165) is 60.2 Å². The molecule has 1 unspecified atom stereocenters. The molecule has 4 rings (SSSR count). The van der Waals surface area contributed by atoms with Crippen molar-refractivity contribution < 1.29 is 14.3 Å². The first-order valence-electron chi connectivity index (χ1n) is 12.5. The molecule has 0 radical (unpaired) electrons. The smallest absolute Gasteiger partial charge is 0.265 e. The topological polar surface area (TPSA) is 111 Å². The van der Waals surface area contributed by atoms with Crippen molar-refractivity contribution in [3.8, 4) is 11.8 Å². The van der Waals surface area contributed by atoms with E-state index in [0.29, 0.717) is 24.5 Å². The number of nitrogens with one attached hydrogen (secondary N) is 3. The molecule has 1 amide bonds. The minimum Gasteiger partial charge on any atom is -0.495 e. The zero-order chi connectivity index (χ0) is 26.2. The molecule has 9 heteroatoms. The van der Waals surface area contributed by atoms with E-state index in [1.165, 1.54) is 0 Å². The maximum atomic E-state index is 13.1. The van der Waals surface area contributed by atoms with Crippen molar-refractivity contribution in [2.24, 2.45) is 4.99 Å². The summed E-state index contributed by atoms with van der Waals surface area (Å²) in [6.45, 7) is 7.46. The summed E-state index contributed by atoms with van der Waals surface area (Å²) in [6, 6.07) is 12.1. The van der Waals surface area contributed by atoms with Crippen LogP contribution in [0.3, 0.4) is 0 Å². The Bertz CT molecular complexity index is 1250. The van der Waals surface area contributed by atoms with Crippen LogP contribution in [0.15, 0.2) is 53.6 Å². The van der Waals surface area contributed by atoms with Gasteiger partial charge in [0, 0.05) is 55.7 Å². The number of allylic oxidation sites excluding steroid dienone is 1. The molecule has 0 saturated carbocycles. The Balaban J connectivity index is 1.48. The number of hydrogen-bond acceptors (Lipinski definition) is 8. The summed E-state index contributed by atoms with van der Waals surface area (Å²) in [5, 5.41) is 20.8. The van der Waals surface area contributed by atoms with Crippen LogP contribution in [-0.4, -0.2) is 76.2 Å². The Labute approximate surface area is 217 Å². The molecule has 1 fully saturated rings. The summed E-state index contributed by atoms with van der Waals surface area (Å²) in [4.78, 5) is 19.8. The Morgan fingerprint density at radius 3 is 2.95 bits per heavy atom. The number of benzene rings is 2. The van der Waals surface area contributed by atoms with Crippen LogP contribution in [0.2, 0.25) is 0 Å². The molecule has 37 heavy (non-hydrogen) atoms. The average Bonchev–Trinajstić information content (AvgIpc) is 2.94. The second-order valence-electron chi connectivity index (χ2n) is 9.21. The first-order valence-corrected chi connectivity index (χ1v) is 12.5. The van der Waals surface area contributed by atoms with Gasteiger partial charge in [-0.25, -0.2) is 0 Å². The minimum absolute atomic E-state index is 0.0920. The lowest BCUT2D eigenvalue weighted by molar-refractivity contribution is -0.123. The summed E-state index contributed by atoms with van der Waals surface area (Å²) in [6.07, 6.45) is 4.83. The Morgan fingerprint density at radius 2 is 2.16 bits per heavy atom. The molecular formula is C28H34N6O3. The van der Waals surface area contributed by atoms with Crippen LogP contribution in [0.5, 0.6) is 5.75 Å². The second kappa shape index (κ2) is 12.4. The number of piperidine rings is 1. The van der Waals surface area contributed by atoms with Crippen molar-refractivity contribution in [3.63, 3.8) is 0 Å². The van der Waals surface area contributed by atoms with E-state index in [-0.39, 0.29) is 11.9 Å². The lowest BCUT2D eigenvalue weighted by atomic mass is 10.0. The van der Waals surface area contributed by atoms with E-state index in [9.17, 15) is 4.79 Å². The number of anilines is 1. The fraction of sp³-hybridized carbons (Fsp3) is 0.393. The molecule has 0 aliphatic carbocycles. The van der Waals surface area contributed by atoms with E-state index in [1.807, 2.05) is 36.4 Å². The number of aliphatic imine (C=N–C) groups is 1. The third kappa shape index (κ3) is 6.47. The van der Waals surface area contributed by atoms with Crippen molar-refractivity contribution in [2.75, 3.05) is 52.3 Å². The monoisotopic (exact) mass is 502 g/mol. The maximum absolute atomic E-state index is 13.1. The van der Waals surface area contributed by atoms with Gasteiger partial charge >= 0.3 is 0 Å². The Morgan fingerprint density at radius 1 is 1.32 bits per heavy atom. The summed E-state index contributed by atoms with van der Waals surface area (Å²) >= 11 is 0. The summed E-state index contributed by atoms with van der Waals surface area (Å²) in [5.74, 6) is 0.534. The molecular weight excluding hydrogens is 468 g/mol. The zero-order valence-corrected chi connectivity index (χ0v) is 21.4.